The SMILES string of the molecule is C=CC(=O)OCCOC(=O)c1ccc(-c2nc(Cl)nc(Cl)n2)cc1. The molecule has 0 saturated heterocycles. The lowest BCUT2D eigenvalue weighted by Gasteiger charge is -2.06. The van der Waals surface area contributed by atoms with Gasteiger partial charge >= 0.3 is 11.9 Å². The van der Waals surface area contributed by atoms with Gasteiger partial charge in [0.1, 0.15) is 13.2 Å². The van der Waals surface area contributed by atoms with Gasteiger partial charge in [-0.2, -0.15) is 15.0 Å². The molecule has 0 radical (unpaired) electrons. The second kappa shape index (κ2) is 8.37. The lowest BCUT2D eigenvalue weighted by Crippen LogP contribution is -2.12. The van der Waals surface area contributed by atoms with Crippen LogP contribution in [0.5, 0.6) is 0 Å². The van der Waals surface area contributed by atoms with E-state index in [1.54, 1.807) is 24.3 Å². The quantitative estimate of drug-likeness (QED) is 0.440. The third kappa shape index (κ3) is 5.00. The second-order valence-corrected chi connectivity index (χ2v) is 4.96. The van der Waals surface area contributed by atoms with E-state index in [0.717, 1.165) is 6.08 Å². The number of esters is 2. The molecular weight excluding hydrogens is 357 g/mol. The first kappa shape index (κ1) is 17.8. The van der Waals surface area contributed by atoms with Gasteiger partial charge in [0.05, 0.1) is 5.56 Å². The van der Waals surface area contributed by atoms with Gasteiger partial charge in [-0.25, -0.2) is 9.59 Å². The minimum Gasteiger partial charge on any atom is -0.459 e. The third-order valence-corrected chi connectivity index (χ3v) is 3.03. The van der Waals surface area contributed by atoms with Crippen LogP contribution < -0.4 is 0 Å². The van der Waals surface area contributed by atoms with Crippen molar-refractivity contribution < 1.29 is 19.1 Å². The Morgan fingerprint density at radius 1 is 1.00 bits per heavy atom. The van der Waals surface area contributed by atoms with E-state index in [-0.39, 0.29) is 29.6 Å². The van der Waals surface area contributed by atoms with Gasteiger partial charge < -0.3 is 9.47 Å². The van der Waals surface area contributed by atoms with E-state index < -0.39 is 11.9 Å². The van der Waals surface area contributed by atoms with Crippen LogP contribution >= 0.6 is 23.2 Å². The summed E-state index contributed by atoms with van der Waals surface area (Å²) >= 11 is 11.4. The van der Waals surface area contributed by atoms with E-state index >= 15 is 0 Å². The molecule has 1 aromatic carbocycles. The number of carbonyl (C=O) groups excluding carboxylic acids is 2. The Morgan fingerprint density at radius 3 is 2.17 bits per heavy atom. The molecule has 124 valence electrons. The molecule has 0 amide bonds. The average molecular weight is 368 g/mol. The zero-order valence-electron chi connectivity index (χ0n) is 12.2. The van der Waals surface area contributed by atoms with E-state index in [9.17, 15) is 9.59 Å². The summed E-state index contributed by atoms with van der Waals surface area (Å²) < 4.78 is 9.67. The first-order valence-corrected chi connectivity index (χ1v) is 7.39. The van der Waals surface area contributed by atoms with E-state index in [0.29, 0.717) is 11.1 Å². The van der Waals surface area contributed by atoms with Crippen LogP contribution in [0.4, 0.5) is 0 Å². The Bertz CT molecular complexity index is 746. The molecule has 0 aliphatic rings. The fourth-order valence-corrected chi connectivity index (χ4v) is 1.99. The van der Waals surface area contributed by atoms with E-state index in [1.807, 2.05) is 0 Å². The van der Waals surface area contributed by atoms with Crippen LogP contribution in [0.3, 0.4) is 0 Å². The molecule has 2 rings (SSSR count). The summed E-state index contributed by atoms with van der Waals surface area (Å²) in [5.74, 6) is -0.843. The highest BCUT2D eigenvalue weighted by atomic mass is 35.5. The van der Waals surface area contributed by atoms with Gasteiger partial charge in [0.2, 0.25) is 10.6 Å². The highest BCUT2D eigenvalue weighted by Crippen LogP contribution is 2.19. The first-order valence-electron chi connectivity index (χ1n) is 6.63. The molecule has 7 nitrogen and oxygen atoms in total. The fraction of sp³-hybridized carbons (Fsp3) is 0.133. The van der Waals surface area contributed by atoms with Crippen molar-refractivity contribution in [3.05, 3.63) is 53.1 Å². The van der Waals surface area contributed by atoms with Gasteiger partial charge in [-0.15, -0.1) is 0 Å². The largest absolute Gasteiger partial charge is 0.459 e. The second-order valence-electron chi connectivity index (χ2n) is 4.28. The van der Waals surface area contributed by atoms with E-state index in [4.69, 9.17) is 32.7 Å². The number of hydrogen-bond acceptors (Lipinski definition) is 7. The molecule has 9 heteroatoms. The monoisotopic (exact) mass is 367 g/mol. The van der Waals surface area contributed by atoms with E-state index in [2.05, 4.69) is 21.5 Å². The van der Waals surface area contributed by atoms with Gasteiger partial charge in [-0.05, 0) is 35.3 Å². The number of nitrogens with zero attached hydrogens (tertiary/aromatic N) is 3. The minimum atomic E-state index is -0.579. The third-order valence-electron chi connectivity index (χ3n) is 2.69. The Labute approximate surface area is 147 Å². The zero-order valence-corrected chi connectivity index (χ0v) is 13.8. The van der Waals surface area contributed by atoms with Gasteiger partial charge in [-0.1, -0.05) is 18.7 Å². The summed E-state index contributed by atoms with van der Waals surface area (Å²) in [6.45, 7) is 3.15. The number of rotatable bonds is 6. The van der Waals surface area contributed by atoms with Crippen molar-refractivity contribution in [3.8, 4) is 11.4 Å². The summed E-state index contributed by atoms with van der Waals surface area (Å²) in [5.41, 5.74) is 0.928. The Kier molecular flexibility index (Phi) is 6.22. The summed E-state index contributed by atoms with van der Waals surface area (Å²) in [5, 5.41) is -0.0508. The predicted octanol–water partition coefficient (Wildman–Crippen LogP) is 2.73. The first-order chi connectivity index (χ1) is 11.5. The molecule has 0 atom stereocenters. The molecule has 0 N–H and O–H groups in total. The lowest BCUT2D eigenvalue weighted by molar-refractivity contribution is -0.138. The normalized spacial score (nSPS) is 10.1. The predicted molar refractivity (Wildman–Crippen MR) is 86.7 cm³/mol. The van der Waals surface area contributed by atoms with Crippen LogP contribution in [0.25, 0.3) is 11.4 Å². The van der Waals surface area contributed by atoms with Crippen LogP contribution in [-0.2, 0) is 14.3 Å². The topological polar surface area (TPSA) is 91.3 Å². The maximum atomic E-state index is 11.8. The molecule has 0 bridgehead atoms. The average Bonchev–Trinajstić information content (AvgIpc) is 2.57. The fourth-order valence-electron chi connectivity index (χ4n) is 1.63. The summed E-state index contributed by atoms with van der Waals surface area (Å²) in [6, 6.07) is 6.32. The Hall–Kier alpha value is -2.51. The summed E-state index contributed by atoms with van der Waals surface area (Å²) in [4.78, 5) is 34.2. The van der Waals surface area contributed by atoms with Crippen molar-refractivity contribution in [2.75, 3.05) is 13.2 Å². The molecule has 0 aliphatic carbocycles. The van der Waals surface area contributed by atoms with Crippen LogP contribution in [0.15, 0.2) is 36.9 Å². The van der Waals surface area contributed by atoms with E-state index in [1.165, 1.54) is 0 Å². The number of benzene rings is 1. The Morgan fingerprint density at radius 2 is 1.58 bits per heavy atom. The standard InChI is InChI=1S/C15H11Cl2N3O4/c1-2-11(21)23-7-8-24-13(22)10-5-3-9(4-6-10)12-18-14(16)20-15(17)19-12/h2-6H,1,7-8H2. The molecule has 2 aromatic rings. The maximum absolute atomic E-state index is 11.8. The van der Waals surface area contributed by atoms with Crippen molar-refractivity contribution in [2.24, 2.45) is 0 Å². The van der Waals surface area contributed by atoms with Crippen molar-refractivity contribution in [2.45, 2.75) is 0 Å². The van der Waals surface area contributed by atoms with Crippen molar-refractivity contribution in [1.29, 1.82) is 0 Å². The highest BCUT2D eigenvalue weighted by molar-refractivity contribution is 6.31. The van der Waals surface area contributed by atoms with Gasteiger partial charge in [-0.3, -0.25) is 0 Å². The van der Waals surface area contributed by atoms with Crippen molar-refractivity contribution in [1.82, 2.24) is 15.0 Å². The van der Waals surface area contributed by atoms with Gasteiger partial charge in [0.25, 0.3) is 0 Å². The number of hydrogen-bond donors (Lipinski definition) is 0. The Balaban J connectivity index is 1.97. The zero-order chi connectivity index (χ0) is 17.5. The molecule has 1 aromatic heterocycles. The number of halogens is 2. The molecule has 0 aliphatic heterocycles. The van der Waals surface area contributed by atoms with Gasteiger partial charge in [0.15, 0.2) is 5.82 Å². The smallest absolute Gasteiger partial charge is 0.338 e. The molecule has 24 heavy (non-hydrogen) atoms. The van der Waals surface area contributed by atoms with Crippen LogP contribution in [0, 0.1) is 0 Å². The number of aromatic nitrogens is 3. The number of carbonyl (C=O) groups is 2. The molecule has 0 unspecified atom stereocenters. The van der Waals surface area contributed by atoms with Gasteiger partial charge in [0, 0.05) is 11.6 Å². The van der Waals surface area contributed by atoms with Crippen LogP contribution in [-0.4, -0.2) is 40.1 Å². The molecule has 0 spiro atoms. The van der Waals surface area contributed by atoms with Crippen LogP contribution in [0.1, 0.15) is 10.4 Å². The molecule has 0 fully saturated rings. The molecular formula is C15H11Cl2N3O4. The number of ether oxygens (including phenoxy) is 2. The van der Waals surface area contributed by atoms with Crippen LogP contribution in [0.2, 0.25) is 10.6 Å². The highest BCUT2D eigenvalue weighted by Gasteiger charge is 2.10. The summed E-state index contributed by atoms with van der Waals surface area (Å²) in [6.07, 6.45) is 1.03. The van der Waals surface area contributed by atoms with Crippen molar-refractivity contribution >= 4 is 35.1 Å². The van der Waals surface area contributed by atoms with Crippen molar-refractivity contribution in [3.63, 3.8) is 0 Å². The maximum Gasteiger partial charge on any atom is 0.338 e. The summed E-state index contributed by atoms with van der Waals surface area (Å²) in [7, 11) is 0. The minimum absolute atomic E-state index is 0.0254. The molecule has 1 heterocycles. The lowest BCUT2D eigenvalue weighted by atomic mass is 10.1. The molecule has 0 saturated carbocycles.